The highest BCUT2D eigenvalue weighted by Gasteiger charge is 2.48. The third-order valence-corrected chi connectivity index (χ3v) is 5.51. The minimum absolute atomic E-state index is 0.0753. The van der Waals surface area contributed by atoms with Crippen molar-refractivity contribution < 1.29 is 18.0 Å². The summed E-state index contributed by atoms with van der Waals surface area (Å²) in [6.45, 7) is 0. The largest absolute Gasteiger partial charge is 0.417 e. The lowest BCUT2D eigenvalue weighted by atomic mass is 9.89. The van der Waals surface area contributed by atoms with Crippen molar-refractivity contribution in [3.8, 4) is 6.07 Å². The van der Waals surface area contributed by atoms with E-state index in [-0.39, 0.29) is 23.8 Å². The Bertz CT molecular complexity index is 936. The summed E-state index contributed by atoms with van der Waals surface area (Å²) in [7, 11) is 0. The van der Waals surface area contributed by atoms with Crippen LogP contribution in [0.15, 0.2) is 48.5 Å². The van der Waals surface area contributed by atoms with E-state index in [1.165, 1.54) is 11.0 Å². The Labute approximate surface area is 160 Å². The summed E-state index contributed by atoms with van der Waals surface area (Å²) in [4.78, 5) is 16.5. The number of nitriles is 1. The first-order valence-electron chi connectivity index (χ1n) is 9.20. The topological polar surface area (TPSA) is 47.3 Å². The van der Waals surface area contributed by atoms with Crippen molar-refractivity contribution in [1.82, 2.24) is 0 Å². The standard InChI is InChI=1S/C21H18F3N3O/c22-21(23,24)17-12-16(11-10-14(17)13-25)27-19-9-5-4-8-18(19)26(20(27)28)15-6-2-1-3-7-15/h1-3,6-7,10-12,18-19H,4-5,8-9H2/t18-,19-/m1/s1. The number of benzene rings is 2. The van der Waals surface area contributed by atoms with Crippen LogP contribution in [-0.2, 0) is 6.18 Å². The fraction of sp³-hybridized carbons (Fsp3) is 0.333. The molecule has 0 aromatic heterocycles. The number of hydrogen-bond acceptors (Lipinski definition) is 2. The van der Waals surface area contributed by atoms with Gasteiger partial charge in [-0.05, 0) is 43.2 Å². The first-order valence-corrected chi connectivity index (χ1v) is 9.20. The molecular formula is C21H18F3N3O. The molecule has 0 unspecified atom stereocenters. The fourth-order valence-corrected chi connectivity index (χ4v) is 4.30. The smallest absolute Gasteiger partial charge is 0.289 e. The molecule has 4 nitrogen and oxygen atoms in total. The van der Waals surface area contributed by atoms with Crippen LogP contribution in [0.3, 0.4) is 0 Å². The summed E-state index contributed by atoms with van der Waals surface area (Å²) in [5, 5.41) is 9.03. The van der Waals surface area contributed by atoms with Crippen molar-refractivity contribution in [2.75, 3.05) is 9.80 Å². The second-order valence-electron chi connectivity index (χ2n) is 7.12. The van der Waals surface area contributed by atoms with Crippen LogP contribution < -0.4 is 9.80 Å². The van der Waals surface area contributed by atoms with E-state index in [2.05, 4.69) is 0 Å². The number of anilines is 2. The van der Waals surface area contributed by atoms with Gasteiger partial charge in [-0.1, -0.05) is 31.0 Å². The van der Waals surface area contributed by atoms with Crippen molar-refractivity contribution >= 4 is 17.4 Å². The minimum Gasteiger partial charge on any atom is -0.289 e. The molecule has 1 aliphatic carbocycles. The predicted molar refractivity (Wildman–Crippen MR) is 99.0 cm³/mol. The van der Waals surface area contributed by atoms with Crippen LogP contribution in [0.4, 0.5) is 29.3 Å². The average Bonchev–Trinajstić information content (AvgIpc) is 2.99. The van der Waals surface area contributed by atoms with Gasteiger partial charge in [0.25, 0.3) is 0 Å². The summed E-state index contributed by atoms with van der Waals surface area (Å²) >= 11 is 0. The van der Waals surface area contributed by atoms with Crippen LogP contribution in [0.25, 0.3) is 0 Å². The number of alkyl halides is 3. The number of halogens is 3. The van der Waals surface area contributed by atoms with Crippen LogP contribution in [0.1, 0.15) is 36.8 Å². The normalized spacial score (nSPS) is 22.1. The molecule has 0 N–H and O–H groups in total. The Balaban J connectivity index is 1.79. The summed E-state index contributed by atoms with van der Waals surface area (Å²) in [6.07, 6.45) is -1.21. The summed E-state index contributed by atoms with van der Waals surface area (Å²) in [6, 6.07) is 13.7. The molecule has 0 bridgehead atoms. The monoisotopic (exact) mass is 385 g/mol. The first-order chi connectivity index (χ1) is 13.4. The number of hydrogen-bond donors (Lipinski definition) is 0. The number of para-hydroxylation sites is 1. The molecule has 144 valence electrons. The average molecular weight is 385 g/mol. The maximum absolute atomic E-state index is 13.4. The van der Waals surface area contributed by atoms with E-state index in [1.807, 2.05) is 30.3 Å². The van der Waals surface area contributed by atoms with Gasteiger partial charge in [-0.3, -0.25) is 9.80 Å². The van der Waals surface area contributed by atoms with Crippen molar-refractivity contribution in [2.24, 2.45) is 0 Å². The highest BCUT2D eigenvalue weighted by atomic mass is 19.4. The molecule has 2 aromatic carbocycles. The Hall–Kier alpha value is -3.01. The molecule has 1 aliphatic heterocycles. The lowest BCUT2D eigenvalue weighted by Gasteiger charge is -2.32. The molecule has 4 rings (SSSR count). The number of carbonyl (C=O) groups is 1. The van der Waals surface area contributed by atoms with E-state index in [9.17, 15) is 18.0 Å². The van der Waals surface area contributed by atoms with E-state index in [1.54, 1.807) is 11.0 Å². The van der Waals surface area contributed by atoms with Gasteiger partial charge in [-0.2, -0.15) is 18.4 Å². The summed E-state index contributed by atoms with van der Waals surface area (Å²) in [5.41, 5.74) is -0.517. The van der Waals surface area contributed by atoms with Crippen molar-refractivity contribution in [3.63, 3.8) is 0 Å². The number of carbonyl (C=O) groups excluding carboxylic acids is 1. The molecule has 2 aromatic rings. The third kappa shape index (κ3) is 2.99. The molecule has 28 heavy (non-hydrogen) atoms. The molecule has 2 fully saturated rings. The van der Waals surface area contributed by atoms with Gasteiger partial charge in [-0.15, -0.1) is 0 Å². The lowest BCUT2D eigenvalue weighted by molar-refractivity contribution is -0.137. The van der Waals surface area contributed by atoms with Crippen LogP contribution >= 0.6 is 0 Å². The van der Waals surface area contributed by atoms with E-state index >= 15 is 0 Å². The van der Waals surface area contributed by atoms with Gasteiger partial charge in [0.1, 0.15) is 0 Å². The van der Waals surface area contributed by atoms with Crippen LogP contribution in [-0.4, -0.2) is 18.1 Å². The third-order valence-electron chi connectivity index (χ3n) is 5.51. The molecule has 0 spiro atoms. The zero-order valence-electron chi connectivity index (χ0n) is 15.0. The van der Waals surface area contributed by atoms with Crippen molar-refractivity contribution in [3.05, 3.63) is 59.7 Å². The fourth-order valence-electron chi connectivity index (χ4n) is 4.30. The second kappa shape index (κ2) is 6.86. The van der Waals surface area contributed by atoms with Gasteiger partial charge in [0.15, 0.2) is 0 Å². The molecule has 0 radical (unpaired) electrons. The Morgan fingerprint density at radius 1 is 0.929 bits per heavy atom. The van der Waals surface area contributed by atoms with Gasteiger partial charge in [0.2, 0.25) is 0 Å². The molecule has 2 atom stereocenters. The Kier molecular flexibility index (Phi) is 4.50. The maximum Gasteiger partial charge on any atom is 0.417 e. The summed E-state index contributed by atoms with van der Waals surface area (Å²) < 4.78 is 40.2. The number of rotatable bonds is 2. The van der Waals surface area contributed by atoms with Crippen LogP contribution in [0.5, 0.6) is 0 Å². The van der Waals surface area contributed by atoms with Gasteiger partial charge >= 0.3 is 12.2 Å². The van der Waals surface area contributed by atoms with Crippen molar-refractivity contribution in [2.45, 2.75) is 43.9 Å². The highest BCUT2D eigenvalue weighted by Crippen LogP contribution is 2.41. The molecule has 7 heteroatoms. The van der Waals surface area contributed by atoms with Crippen LogP contribution in [0, 0.1) is 11.3 Å². The molecule has 2 aliphatic rings. The molecule has 1 saturated carbocycles. The van der Waals surface area contributed by atoms with Gasteiger partial charge in [-0.25, -0.2) is 4.79 Å². The highest BCUT2D eigenvalue weighted by molar-refractivity contribution is 6.07. The zero-order chi connectivity index (χ0) is 19.9. The van der Waals surface area contributed by atoms with Gasteiger partial charge in [0, 0.05) is 11.4 Å². The zero-order valence-corrected chi connectivity index (χ0v) is 15.0. The Morgan fingerprint density at radius 2 is 1.54 bits per heavy atom. The molecule has 1 saturated heterocycles. The predicted octanol–water partition coefficient (Wildman–Crippen LogP) is 5.33. The van der Waals surface area contributed by atoms with E-state index in [4.69, 9.17) is 5.26 Å². The van der Waals surface area contributed by atoms with E-state index in [0.717, 1.165) is 43.5 Å². The summed E-state index contributed by atoms with van der Waals surface area (Å²) in [5.74, 6) is 0. The second-order valence-corrected chi connectivity index (χ2v) is 7.12. The quantitative estimate of drug-likeness (QED) is 0.701. The van der Waals surface area contributed by atoms with Crippen molar-refractivity contribution in [1.29, 1.82) is 5.26 Å². The number of nitrogens with zero attached hydrogens (tertiary/aromatic N) is 3. The maximum atomic E-state index is 13.4. The first kappa shape index (κ1) is 18.4. The number of fused-ring (bicyclic) bond motifs is 1. The molecule has 2 amide bonds. The molecular weight excluding hydrogens is 367 g/mol. The Morgan fingerprint density at radius 3 is 2.11 bits per heavy atom. The lowest BCUT2D eigenvalue weighted by Crippen LogP contribution is -2.40. The number of amides is 2. The SMILES string of the molecule is N#Cc1ccc(N2C(=O)N(c3ccccc3)[C@@H]3CCCC[C@H]32)cc1C(F)(F)F. The van der Waals surface area contributed by atoms with E-state index in [0.29, 0.717) is 0 Å². The van der Waals surface area contributed by atoms with E-state index < -0.39 is 17.3 Å². The number of urea groups is 1. The van der Waals surface area contributed by atoms with Gasteiger partial charge < -0.3 is 0 Å². The van der Waals surface area contributed by atoms with Gasteiger partial charge in [0.05, 0.1) is 29.3 Å². The minimum atomic E-state index is -4.66. The van der Waals surface area contributed by atoms with Crippen LogP contribution in [0.2, 0.25) is 0 Å². The molecule has 1 heterocycles.